The van der Waals surface area contributed by atoms with Crippen molar-refractivity contribution in [3.05, 3.63) is 11.8 Å². The summed E-state index contributed by atoms with van der Waals surface area (Å²) >= 11 is 0. The predicted octanol–water partition coefficient (Wildman–Crippen LogP) is -0.0254. The van der Waals surface area contributed by atoms with Gasteiger partial charge in [-0.3, -0.25) is 4.79 Å². The molecule has 0 aliphatic rings. The van der Waals surface area contributed by atoms with Crippen molar-refractivity contribution < 1.29 is 14.1 Å². The Morgan fingerprint density at radius 2 is 2.40 bits per heavy atom. The van der Waals surface area contributed by atoms with Crippen molar-refractivity contribution in [2.45, 2.75) is 0 Å². The molecule has 84 valence electrons. The monoisotopic (exact) mass is 213 g/mol. The van der Waals surface area contributed by atoms with Crippen LogP contribution in [0.1, 0.15) is 10.6 Å². The molecule has 0 radical (unpaired) electrons. The maximum absolute atomic E-state index is 11.4. The second-order valence-electron chi connectivity index (χ2n) is 3.29. The molecule has 15 heavy (non-hydrogen) atoms. The van der Waals surface area contributed by atoms with Gasteiger partial charge >= 0.3 is 0 Å². The number of rotatable bonds is 5. The lowest BCUT2D eigenvalue weighted by molar-refractivity contribution is 0.0914. The van der Waals surface area contributed by atoms with Gasteiger partial charge in [-0.25, -0.2) is 0 Å². The first kappa shape index (κ1) is 11.5. The zero-order valence-corrected chi connectivity index (χ0v) is 9.11. The molecule has 0 fully saturated rings. The van der Waals surface area contributed by atoms with Gasteiger partial charge < -0.3 is 19.5 Å². The van der Waals surface area contributed by atoms with Crippen LogP contribution >= 0.6 is 0 Å². The van der Waals surface area contributed by atoms with E-state index in [4.69, 9.17) is 9.26 Å². The second-order valence-corrected chi connectivity index (χ2v) is 3.29. The number of nitrogens with one attached hydrogen (secondary N) is 1. The quantitative estimate of drug-likeness (QED) is 0.744. The van der Waals surface area contributed by atoms with Crippen molar-refractivity contribution in [1.82, 2.24) is 15.4 Å². The predicted molar refractivity (Wildman–Crippen MR) is 53.9 cm³/mol. The van der Waals surface area contributed by atoms with Crippen molar-refractivity contribution in [2.24, 2.45) is 0 Å². The summed E-state index contributed by atoms with van der Waals surface area (Å²) in [5.74, 6) is 0.172. The maximum atomic E-state index is 11.4. The van der Waals surface area contributed by atoms with Gasteiger partial charge in [-0.15, -0.1) is 0 Å². The zero-order valence-electron chi connectivity index (χ0n) is 9.11. The van der Waals surface area contributed by atoms with Gasteiger partial charge in [-0.1, -0.05) is 0 Å². The lowest BCUT2D eigenvalue weighted by atomic mass is 10.4. The van der Waals surface area contributed by atoms with Crippen molar-refractivity contribution in [3.63, 3.8) is 0 Å². The molecule has 6 nitrogen and oxygen atoms in total. The van der Waals surface area contributed by atoms with Crippen LogP contribution < -0.4 is 10.1 Å². The summed E-state index contributed by atoms with van der Waals surface area (Å²) < 4.78 is 9.57. The molecular formula is C9H15N3O3. The topological polar surface area (TPSA) is 67.6 Å². The molecule has 0 saturated carbocycles. The number of methoxy groups -OCH3 is 1. The lowest BCUT2D eigenvalue weighted by Crippen LogP contribution is -2.31. The van der Waals surface area contributed by atoms with Crippen LogP contribution in [0.2, 0.25) is 0 Å². The van der Waals surface area contributed by atoms with E-state index in [1.165, 1.54) is 13.2 Å². The third-order valence-electron chi connectivity index (χ3n) is 1.77. The summed E-state index contributed by atoms with van der Waals surface area (Å²) in [4.78, 5) is 13.4. The Morgan fingerprint density at radius 3 is 2.93 bits per heavy atom. The fraction of sp³-hybridized carbons (Fsp3) is 0.556. The number of nitrogens with zero attached hydrogens (tertiary/aromatic N) is 2. The van der Waals surface area contributed by atoms with Gasteiger partial charge in [0, 0.05) is 13.1 Å². The average Bonchev–Trinajstić information content (AvgIpc) is 2.65. The normalized spacial score (nSPS) is 10.4. The number of hydrogen-bond acceptors (Lipinski definition) is 5. The highest BCUT2D eigenvalue weighted by molar-refractivity contribution is 5.91. The molecule has 0 aliphatic heterocycles. The van der Waals surface area contributed by atoms with Gasteiger partial charge in [0.15, 0.2) is 0 Å². The number of hydrogen-bond donors (Lipinski definition) is 1. The first-order chi connectivity index (χ1) is 7.13. The van der Waals surface area contributed by atoms with E-state index in [0.29, 0.717) is 12.4 Å². The molecular weight excluding hydrogens is 198 g/mol. The molecule has 1 N–H and O–H groups in total. The van der Waals surface area contributed by atoms with Gasteiger partial charge in [-0.05, 0) is 19.3 Å². The Balaban J connectivity index is 2.40. The molecule has 0 spiro atoms. The first-order valence-electron chi connectivity index (χ1n) is 4.57. The SMILES string of the molecule is COc1cc(C(=O)NCCN(C)C)on1. The largest absolute Gasteiger partial charge is 0.479 e. The van der Waals surface area contributed by atoms with Crippen molar-refractivity contribution >= 4 is 5.91 Å². The number of carbonyl (C=O) groups is 1. The molecule has 1 heterocycles. The van der Waals surface area contributed by atoms with Gasteiger partial charge in [-0.2, -0.15) is 0 Å². The number of ether oxygens (including phenoxy) is 1. The van der Waals surface area contributed by atoms with Crippen LogP contribution in [0.25, 0.3) is 0 Å². The standard InChI is InChI=1S/C9H15N3O3/c1-12(2)5-4-10-9(13)7-6-8(14-3)11-15-7/h6H,4-5H2,1-3H3,(H,10,13). The second kappa shape index (κ2) is 5.35. The third-order valence-corrected chi connectivity index (χ3v) is 1.77. The van der Waals surface area contributed by atoms with Gasteiger partial charge in [0.25, 0.3) is 11.8 Å². The van der Waals surface area contributed by atoms with Gasteiger partial charge in [0.05, 0.1) is 13.2 Å². The van der Waals surface area contributed by atoms with Gasteiger partial charge in [0.2, 0.25) is 5.76 Å². The van der Waals surface area contributed by atoms with Crippen LogP contribution in [0.3, 0.4) is 0 Å². The highest BCUT2D eigenvalue weighted by Gasteiger charge is 2.12. The fourth-order valence-electron chi connectivity index (χ4n) is 0.942. The van der Waals surface area contributed by atoms with Crippen LogP contribution in [0, 0.1) is 0 Å². The van der Waals surface area contributed by atoms with E-state index in [1.54, 1.807) is 0 Å². The van der Waals surface area contributed by atoms with Crippen LogP contribution in [0.5, 0.6) is 5.88 Å². The maximum Gasteiger partial charge on any atom is 0.290 e. The van der Waals surface area contributed by atoms with Crippen LogP contribution in [-0.2, 0) is 0 Å². The van der Waals surface area contributed by atoms with E-state index < -0.39 is 0 Å². The molecule has 1 aromatic heterocycles. The minimum absolute atomic E-state index is 0.158. The summed E-state index contributed by atoms with van der Waals surface area (Å²) in [5, 5.41) is 6.23. The van der Waals surface area contributed by atoms with Crippen molar-refractivity contribution in [1.29, 1.82) is 0 Å². The van der Waals surface area contributed by atoms with Crippen molar-refractivity contribution in [3.8, 4) is 5.88 Å². The molecule has 0 aromatic carbocycles. The Labute approximate surface area is 88.2 Å². The van der Waals surface area contributed by atoms with E-state index in [9.17, 15) is 4.79 Å². The summed E-state index contributed by atoms with van der Waals surface area (Å²) in [7, 11) is 5.33. The molecule has 6 heteroatoms. The van der Waals surface area contributed by atoms with Crippen LogP contribution in [-0.4, -0.2) is 50.3 Å². The number of carbonyl (C=O) groups excluding carboxylic acids is 1. The first-order valence-corrected chi connectivity index (χ1v) is 4.57. The minimum atomic E-state index is -0.285. The molecule has 0 bridgehead atoms. The summed E-state index contributed by atoms with van der Waals surface area (Å²) in [5.41, 5.74) is 0. The van der Waals surface area contributed by atoms with Gasteiger partial charge in [0.1, 0.15) is 0 Å². The average molecular weight is 213 g/mol. The molecule has 1 aromatic rings. The van der Waals surface area contributed by atoms with Crippen LogP contribution in [0.15, 0.2) is 10.6 Å². The summed E-state index contributed by atoms with van der Waals surface area (Å²) in [6.07, 6.45) is 0. The fourth-order valence-corrected chi connectivity index (χ4v) is 0.942. The lowest BCUT2D eigenvalue weighted by Gasteiger charge is -2.08. The Kier molecular flexibility index (Phi) is 4.11. The number of likely N-dealkylation sites (N-methyl/N-ethyl adjacent to an activating group) is 1. The summed E-state index contributed by atoms with van der Waals surface area (Å²) in [6, 6.07) is 1.45. The highest BCUT2D eigenvalue weighted by Crippen LogP contribution is 2.09. The smallest absolute Gasteiger partial charge is 0.290 e. The molecule has 0 saturated heterocycles. The Hall–Kier alpha value is -1.56. The summed E-state index contributed by atoms with van der Waals surface area (Å²) in [6.45, 7) is 1.34. The number of amides is 1. The molecule has 1 amide bonds. The molecule has 0 atom stereocenters. The van der Waals surface area contributed by atoms with E-state index in [0.717, 1.165) is 6.54 Å². The Morgan fingerprint density at radius 1 is 1.67 bits per heavy atom. The van der Waals surface area contributed by atoms with Crippen molar-refractivity contribution in [2.75, 3.05) is 34.3 Å². The van der Waals surface area contributed by atoms with E-state index in [1.807, 2.05) is 19.0 Å². The molecule has 1 rings (SSSR count). The van der Waals surface area contributed by atoms with E-state index >= 15 is 0 Å². The Bertz CT molecular complexity index is 322. The van der Waals surface area contributed by atoms with E-state index in [2.05, 4.69) is 10.5 Å². The molecule has 0 unspecified atom stereocenters. The number of aromatic nitrogens is 1. The van der Waals surface area contributed by atoms with Crippen LogP contribution in [0.4, 0.5) is 0 Å². The third kappa shape index (κ3) is 3.59. The molecule has 0 aliphatic carbocycles. The highest BCUT2D eigenvalue weighted by atomic mass is 16.5. The zero-order chi connectivity index (χ0) is 11.3. The minimum Gasteiger partial charge on any atom is -0.479 e. The van der Waals surface area contributed by atoms with E-state index in [-0.39, 0.29) is 11.7 Å².